The molecule has 0 spiro atoms. The van der Waals surface area contributed by atoms with E-state index in [2.05, 4.69) is 0 Å². The van der Waals surface area contributed by atoms with Gasteiger partial charge in [-0.15, -0.1) is 0 Å². The van der Waals surface area contributed by atoms with Crippen LogP contribution in [-0.2, 0) is 19.6 Å². The van der Waals surface area contributed by atoms with E-state index in [0.29, 0.717) is 18.6 Å². The van der Waals surface area contributed by atoms with Gasteiger partial charge in [-0.25, -0.2) is 17.5 Å². The number of hydrogen-bond acceptors (Lipinski definition) is 4. The van der Waals surface area contributed by atoms with Gasteiger partial charge in [0, 0.05) is 12.7 Å². The predicted molar refractivity (Wildman–Crippen MR) is 81.0 cm³/mol. The molecule has 1 unspecified atom stereocenters. The lowest BCUT2D eigenvalue weighted by Gasteiger charge is -2.22. The van der Waals surface area contributed by atoms with Crippen LogP contribution in [0.4, 0.5) is 4.39 Å². The molecule has 1 atom stereocenters. The van der Waals surface area contributed by atoms with Gasteiger partial charge in [0.05, 0.1) is 11.9 Å². The Morgan fingerprint density at radius 2 is 2.05 bits per heavy atom. The molecule has 0 bridgehead atoms. The van der Waals surface area contributed by atoms with Crippen LogP contribution in [0.2, 0.25) is 0 Å². The summed E-state index contributed by atoms with van der Waals surface area (Å²) in [5.41, 5.74) is 0.601. The number of halogens is 1. The van der Waals surface area contributed by atoms with Crippen LogP contribution < -0.4 is 4.72 Å². The van der Waals surface area contributed by atoms with E-state index >= 15 is 0 Å². The molecule has 1 fully saturated rings. The Morgan fingerprint density at radius 3 is 2.68 bits per heavy atom. The molecule has 0 aliphatic carbocycles. The van der Waals surface area contributed by atoms with Gasteiger partial charge in [-0.1, -0.05) is 12.1 Å². The van der Waals surface area contributed by atoms with Crippen molar-refractivity contribution in [2.24, 2.45) is 0 Å². The number of benzene rings is 1. The van der Waals surface area contributed by atoms with Crippen molar-refractivity contribution < 1.29 is 22.3 Å². The largest absolute Gasteiger partial charge is 0.377 e. The van der Waals surface area contributed by atoms with Crippen molar-refractivity contribution in [2.75, 3.05) is 12.4 Å². The fraction of sp³-hybridized carbons (Fsp3) is 0.400. The van der Waals surface area contributed by atoms with Gasteiger partial charge in [0.2, 0.25) is 10.0 Å². The van der Waals surface area contributed by atoms with Crippen molar-refractivity contribution >= 4 is 22.0 Å². The van der Waals surface area contributed by atoms with Crippen LogP contribution in [0.1, 0.15) is 24.8 Å². The molecule has 0 aromatic heterocycles. The smallest absolute Gasteiger partial charge is 0.257 e. The number of sulfonamides is 1. The molecule has 1 aromatic carbocycles. The van der Waals surface area contributed by atoms with Crippen LogP contribution in [0, 0.1) is 5.82 Å². The number of rotatable bonds is 5. The van der Waals surface area contributed by atoms with E-state index in [1.165, 1.54) is 30.3 Å². The molecule has 7 heteroatoms. The second kappa shape index (κ2) is 7.51. The quantitative estimate of drug-likeness (QED) is 0.838. The van der Waals surface area contributed by atoms with Crippen LogP contribution in [0.15, 0.2) is 30.3 Å². The van der Waals surface area contributed by atoms with Gasteiger partial charge < -0.3 is 4.74 Å². The monoisotopic (exact) mass is 327 g/mol. The minimum atomic E-state index is -3.73. The van der Waals surface area contributed by atoms with Gasteiger partial charge >= 0.3 is 0 Å². The van der Waals surface area contributed by atoms with Crippen molar-refractivity contribution in [1.29, 1.82) is 0 Å². The summed E-state index contributed by atoms with van der Waals surface area (Å²) in [6.45, 7) is 0.554. The van der Waals surface area contributed by atoms with Crippen LogP contribution in [0.3, 0.4) is 0 Å². The predicted octanol–water partition coefficient (Wildman–Crippen LogP) is 1.85. The number of nitrogens with one attached hydrogen (secondary N) is 1. The van der Waals surface area contributed by atoms with Gasteiger partial charge in [-0.05, 0) is 43.0 Å². The third kappa shape index (κ3) is 5.57. The van der Waals surface area contributed by atoms with Gasteiger partial charge in [0.1, 0.15) is 5.82 Å². The molecule has 1 N–H and O–H groups in total. The van der Waals surface area contributed by atoms with E-state index < -0.39 is 15.9 Å². The molecule has 1 aromatic rings. The molecule has 1 aliphatic heterocycles. The minimum absolute atomic E-state index is 0.219. The van der Waals surface area contributed by atoms with Crippen molar-refractivity contribution in [2.45, 2.75) is 25.4 Å². The zero-order valence-electron chi connectivity index (χ0n) is 12.0. The Hall–Kier alpha value is -1.73. The van der Waals surface area contributed by atoms with Crippen molar-refractivity contribution in [3.8, 4) is 0 Å². The van der Waals surface area contributed by atoms with Crippen LogP contribution in [-0.4, -0.2) is 32.8 Å². The van der Waals surface area contributed by atoms with E-state index in [0.717, 1.165) is 18.9 Å². The van der Waals surface area contributed by atoms with E-state index in [1.54, 1.807) is 0 Å². The fourth-order valence-electron chi connectivity index (χ4n) is 2.16. The number of ether oxygens (including phenoxy) is 1. The summed E-state index contributed by atoms with van der Waals surface area (Å²) in [6, 6.07) is 5.50. The molecule has 22 heavy (non-hydrogen) atoms. The molecule has 1 heterocycles. The number of hydrogen-bond donors (Lipinski definition) is 1. The van der Waals surface area contributed by atoms with E-state index in [4.69, 9.17) is 4.74 Å². The van der Waals surface area contributed by atoms with Crippen molar-refractivity contribution in [3.05, 3.63) is 41.7 Å². The highest BCUT2D eigenvalue weighted by atomic mass is 32.2. The van der Waals surface area contributed by atoms with Gasteiger partial charge in [-0.2, -0.15) is 0 Å². The molecule has 120 valence electrons. The first-order valence-electron chi connectivity index (χ1n) is 7.04. The Balaban J connectivity index is 1.88. The average Bonchev–Trinajstić information content (AvgIpc) is 2.46. The Labute approximate surface area is 129 Å². The van der Waals surface area contributed by atoms with Crippen LogP contribution in [0.5, 0.6) is 0 Å². The molecule has 1 aliphatic rings. The Kier molecular flexibility index (Phi) is 5.68. The Bertz CT molecular complexity index is 634. The van der Waals surface area contributed by atoms with E-state index in [1.807, 2.05) is 4.72 Å². The highest BCUT2D eigenvalue weighted by molar-refractivity contribution is 7.90. The standard InChI is InChI=1S/C15H18FNO4S/c16-13-7-4-12(5-8-13)6-9-15(18)17-22(19,20)11-14-3-1-2-10-21-14/h4-9,14H,1-3,10-11H2,(H,17,18). The number of amides is 1. The first-order valence-corrected chi connectivity index (χ1v) is 8.69. The summed E-state index contributed by atoms with van der Waals surface area (Å²) < 4.78 is 43.8. The maximum absolute atomic E-state index is 12.7. The lowest BCUT2D eigenvalue weighted by molar-refractivity contribution is -0.114. The van der Waals surface area contributed by atoms with Crippen molar-refractivity contribution in [1.82, 2.24) is 4.72 Å². The normalized spacial score (nSPS) is 19.2. The second-order valence-corrected chi connectivity index (χ2v) is 6.89. The summed E-state index contributed by atoms with van der Waals surface area (Å²) in [6.07, 6.45) is 4.70. The van der Waals surface area contributed by atoms with Crippen LogP contribution >= 0.6 is 0 Å². The van der Waals surface area contributed by atoms with Gasteiger partial charge in [0.25, 0.3) is 5.91 Å². The lowest BCUT2D eigenvalue weighted by atomic mass is 10.1. The summed E-state index contributed by atoms with van der Waals surface area (Å²) >= 11 is 0. The summed E-state index contributed by atoms with van der Waals surface area (Å²) in [5.74, 6) is -1.33. The van der Waals surface area contributed by atoms with Crippen molar-refractivity contribution in [3.63, 3.8) is 0 Å². The van der Waals surface area contributed by atoms with Gasteiger partial charge in [0.15, 0.2) is 0 Å². The zero-order chi connectivity index (χ0) is 16.0. The van der Waals surface area contributed by atoms with E-state index in [9.17, 15) is 17.6 Å². The third-order valence-corrected chi connectivity index (χ3v) is 4.56. The first-order chi connectivity index (χ1) is 10.4. The van der Waals surface area contributed by atoms with Crippen LogP contribution in [0.25, 0.3) is 6.08 Å². The number of carbonyl (C=O) groups excluding carboxylic acids is 1. The maximum atomic E-state index is 12.7. The SMILES string of the molecule is O=C(C=Cc1ccc(F)cc1)NS(=O)(=O)CC1CCCCO1. The molecule has 2 rings (SSSR count). The maximum Gasteiger partial charge on any atom is 0.257 e. The molecule has 1 saturated heterocycles. The topological polar surface area (TPSA) is 72.5 Å². The number of carbonyl (C=O) groups is 1. The first kappa shape index (κ1) is 16.6. The second-order valence-electron chi connectivity index (χ2n) is 5.12. The fourth-order valence-corrected chi connectivity index (χ4v) is 3.37. The van der Waals surface area contributed by atoms with E-state index in [-0.39, 0.29) is 17.7 Å². The van der Waals surface area contributed by atoms with Gasteiger partial charge in [-0.3, -0.25) is 4.79 Å². The Morgan fingerprint density at radius 1 is 1.32 bits per heavy atom. The molecule has 0 radical (unpaired) electrons. The molecular formula is C15H18FNO4S. The summed E-state index contributed by atoms with van der Waals surface area (Å²) in [4.78, 5) is 11.6. The summed E-state index contributed by atoms with van der Waals surface area (Å²) in [5, 5.41) is 0. The molecule has 1 amide bonds. The average molecular weight is 327 g/mol. The summed E-state index contributed by atoms with van der Waals surface area (Å²) in [7, 11) is -3.73. The minimum Gasteiger partial charge on any atom is -0.377 e. The molecule has 5 nitrogen and oxygen atoms in total. The highest BCUT2D eigenvalue weighted by Gasteiger charge is 2.22. The third-order valence-electron chi connectivity index (χ3n) is 3.23. The zero-order valence-corrected chi connectivity index (χ0v) is 12.8. The highest BCUT2D eigenvalue weighted by Crippen LogP contribution is 2.14. The lowest BCUT2D eigenvalue weighted by Crippen LogP contribution is -2.37. The molecule has 0 saturated carbocycles. The molecular weight excluding hydrogens is 309 g/mol.